The van der Waals surface area contributed by atoms with Gasteiger partial charge >= 0.3 is 0 Å². The molecular formula is C21H16N4O3. The van der Waals surface area contributed by atoms with E-state index in [1.165, 1.54) is 0 Å². The first-order valence-corrected chi connectivity index (χ1v) is 8.93. The van der Waals surface area contributed by atoms with E-state index >= 15 is 0 Å². The van der Waals surface area contributed by atoms with Crippen LogP contribution in [0.2, 0.25) is 0 Å². The van der Waals surface area contributed by atoms with Crippen LogP contribution in [0.4, 0.5) is 0 Å². The molecule has 0 amide bonds. The lowest BCUT2D eigenvalue weighted by Gasteiger charge is -2.25. The number of para-hydroxylation sites is 1. The summed E-state index contributed by atoms with van der Waals surface area (Å²) in [6, 6.07) is 21.2. The molecule has 3 atom stereocenters. The van der Waals surface area contributed by atoms with E-state index in [2.05, 4.69) is 17.1 Å². The molecule has 2 aliphatic heterocycles. The molecule has 138 valence electrons. The Bertz CT molecular complexity index is 1070. The van der Waals surface area contributed by atoms with E-state index in [9.17, 15) is 10.5 Å². The van der Waals surface area contributed by atoms with Crippen molar-refractivity contribution in [2.24, 2.45) is 21.6 Å². The van der Waals surface area contributed by atoms with E-state index in [4.69, 9.17) is 19.9 Å². The zero-order chi connectivity index (χ0) is 19.4. The van der Waals surface area contributed by atoms with Crippen molar-refractivity contribution in [3.63, 3.8) is 0 Å². The van der Waals surface area contributed by atoms with Crippen LogP contribution in [0.1, 0.15) is 11.5 Å². The van der Waals surface area contributed by atoms with Crippen molar-refractivity contribution < 1.29 is 14.2 Å². The van der Waals surface area contributed by atoms with E-state index in [1.54, 1.807) is 0 Å². The maximum absolute atomic E-state index is 10.1. The van der Waals surface area contributed by atoms with Crippen molar-refractivity contribution in [2.75, 3.05) is 13.2 Å². The molecule has 1 saturated carbocycles. The van der Waals surface area contributed by atoms with Crippen molar-refractivity contribution >= 4 is 5.84 Å². The summed E-state index contributed by atoms with van der Waals surface area (Å²) < 4.78 is 17.4. The molecule has 2 N–H and O–H groups in total. The lowest BCUT2D eigenvalue weighted by molar-refractivity contribution is -0.184. The molecule has 1 aliphatic carbocycles. The molecule has 0 radical (unpaired) electrons. The number of hydrogen-bond acceptors (Lipinski definition) is 7. The van der Waals surface area contributed by atoms with Gasteiger partial charge in [0.1, 0.15) is 22.7 Å². The number of amidine groups is 1. The molecule has 2 aromatic rings. The van der Waals surface area contributed by atoms with Gasteiger partial charge in [-0.2, -0.15) is 10.5 Å². The zero-order valence-electron chi connectivity index (χ0n) is 14.8. The van der Waals surface area contributed by atoms with Gasteiger partial charge in [0.05, 0.1) is 25.4 Å². The monoisotopic (exact) mass is 372 g/mol. The third-order valence-electron chi connectivity index (χ3n) is 5.78. The van der Waals surface area contributed by atoms with Gasteiger partial charge in [0.2, 0.25) is 0 Å². The summed E-state index contributed by atoms with van der Waals surface area (Å²) in [5.74, 6) is -0.668. The maximum atomic E-state index is 10.1. The Morgan fingerprint density at radius 3 is 2.39 bits per heavy atom. The Kier molecular flexibility index (Phi) is 3.33. The lowest BCUT2D eigenvalue weighted by Crippen LogP contribution is -2.38. The molecule has 7 nitrogen and oxygen atoms in total. The molecule has 0 unspecified atom stereocenters. The highest BCUT2D eigenvalue weighted by atomic mass is 16.8. The van der Waals surface area contributed by atoms with Crippen LogP contribution in [0.25, 0.3) is 0 Å². The normalized spacial score (nSPS) is 31.5. The van der Waals surface area contributed by atoms with Gasteiger partial charge in [-0.25, -0.2) is 4.99 Å². The summed E-state index contributed by atoms with van der Waals surface area (Å²) in [6.07, 6.45) is 0. The van der Waals surface area contributed by atoms with Crippen LogP contribution < -0.4 is 10.5 Å². The van der Waals surface area contributed by atoms with Crippen molar-refractivity contribution in [3.05, 3.63) is 60.2 Å². The summed E-state index contributed by atoms with van der Waals surface area (Å²) in [5, 5.41) is 20.1. The van der Waals surface area contributed by atoms with E-state index in [0.29, 0.717) is 24.7 Å². The Hall–Kier alpha value is -3.39. The fourth-order valence-electron chi connectivity index (χ4n) is 4.60. The highest BCUT2D eigenvalue weighted by Crippen LogP contribution is 2.82. The Labute approximate surface area is 161 Å². The number of nitrogens with zero attached hydrogens (tertiary/aromatic N) is 3. The van der Waals surface area contributed by atoms with Crippen molar-refractivity contribution in [1.82, 2.24) is 0 Å². The van der Waals surface area contributed by atoms with Gasteiger partial charge in [0.25, 0.3) is 5.91 Å². The summed E-state index contributed by atoms with van der Waals surface area (Å²) >= 11 is 0. The average molecular weight is 372 g/mol. The van der Waals surface area contributed by atoms with Gasteiger partial charge in [-0.05, 0) is 29.8 Å². The second-order valence-electron chi connectivity index (χ2n) is 7.04. The summed E-state index contributed by atoms with van der Waals surface area (Å²) in [7, 11) is 0. The number of ether oxygens (including phenoxy) is 3. The summed E-state index contributed by atoms with van der Waals surface area (Å²) in [4.78, 5) is 4.28. The van der Waals surface area contributed by atoms with Gasteiger partial charge in [0, 0.05) is 5.92 Å². The topological polar surface area (TPSA) is 114 Å². The molecule has 1 saturated heterocycles. The number of nitrogens with two attached hydrogens (primary N) is 1. The minimum Gasteiger partial charge on any atom is -0.457 e. The van der Waals surface area contributed by atoms with Crippen molar-refractivity contribution in [1.29, 1.82) is 10.5 Å². The molecule has 2 aromatic carbocycles. The van der Waals surface area contributed by atoms with Gasteiger partial charge in [-0.15, -0.1) is 0 Å². The lowest BCUT2D eigenvalue weighted by atomic mass is 9.94. The first kappa shape index (κ1) is 16.8. The summed E-state index contributed by atoms with van der Waals surface area (Å²) in [6.45, 7) is 0.594. The number of rotatable bonds is 3. The average Bonchev–Trinajstić information content (AvgIpc) is 2.98. The van der Waals surface area contributed by atoms with Crippen molar-refractivity contribution in [2.45, 2.75) is 11.8 Å². The molecule has 2 fully saturated rings. The quantitative estimate of drug-likeness (QED) is 0.886. The van der Waals surface area contributed by atoms with Crippen LogP contribution >= 0.6 is 0 Å². The SMILES string of the molecule is N#C[C@@]12C(N)=NC3(OCCO3)[C@]1(C#N)[C@H]2c1cccc(Oc2ccccc2)c1. The fraction of sp³-hybridized carbons (Fsp3) is 0.286. The number of aliphatic imine (C=N–C) groups is 1. The van der Waals surface area contributed by atoms with Crippen LogP contribution in [0.5, 0.6) is 11.5 Å². The molecule has 7 heteroatoms. The van der Waals surface area contributed by atoms with Crippen LogP contribution in [-0.4, -0.2) is 25.0 Å². The van der Waals surface area contributed by atoms with Gasteiger partial charge in [-0.3, -0.25) is 0 Å². The highest BCUT2D eigenvalue weighted by Gasteiger charge is 2.94. The predicted octanol–water partition coefficient (Wildman–Crippen LogP) is 2.67. The number of fused-ring (bicyclic) bond motifs is 2. The first-order valence-electron chi connectivity index (χ1n) is 8.93. The number of benzene rings is 2. The molecular weight excluding hydrogens is 356 g/mol. The minimum absolute atomic E-state index is 0.0813. The molecule has 1 spiro atoms. The van der Waals surface area contributed by atoms with E-state index < -0.39 is 22.7 Å². The Morgan fingerprint density at radius 2 is 1.71 bits per heavy atom. The predicted molar refractivity (Wildman–Crippen MR) is 98.0 cm³/mol. The van der Waals surface area contributed by atoms with Gasteiger partial charge in [-0.1, -0.05) is 30.3 Å². The molecule has 28 heavy (non-hydrogen) atoms. The number of nitriles is 2. The minimum atomic E-state index is -1.53. The third kappa shape index (κ3) is 1.80. The van der Waals surface area contributed by atoms with E-state index in [1.807, 2.05) is 54.6 Å². The first-order chi connectivity index (χ1) is 13.6. The van der Waals surface area contributed by atoms with Crippen LogP contribution in [-0.2, 0) is 9.47 Å². The van der Waals surface area contributed by atoms with Crippen LogP contribution in [0.15, 0.2) is 59.6 Å². The van der Waals surface area contributed by atoms with Gasteiger partial charge in [0.15, 0.2) is 5.41 Å². The molecule has 3 aliphatic rings. The highest BCUT2D eigenvalue weighted by molar-refractivity contribution is 6.00. The molecule has 5 rings (SSSR count). The molecule has 0 aromatic heterocycles. The zero-order valence-corrected chi connectivity index (χ0v) is 14.8. The second kappa shape index (κ2) is 5.56. The fourth-order valence-corrected chi connectivity index (χ4v) is 4.60. The van der Waals surface area contributed by atoms with Crippen LogP contribution in [0, 0.1) is 33.5 Å². The Balaban J connectivity index is 1.58. The van der Waals surface area contributed by atoms with Crippen molar-refractivity contribution in [3.8, 4) is 23.6 Å². The smallest absolute Gasteiger partial charge is 0.293 e. The second-order valence-corrected chi connectivity index (χ2v) is 7.04. The van der Waals surface area contributed by atoms with E-state index in [0.717, 1.165) is 5.56 Å². The Morgan fingerprint density at radius 1 is 1.00 bits per heavy atom. The maximum Gasteiger partial charge on any atom is 0.293 e. The van der Waals surface area contributed by atoms with Crippen LogP contribution in [0.3, 0.4) is 0 Å². The summed E-state index contributed by atoms with van der Waals surface area (Å²) in [5.41, 5.74) is 4.31. The molecule has 0 bridgehead atoms. The molecule has 2 heterocycles. The standard InChI is InChI=1S/C21H16N4O3/c22-12-19-17(20(19,13-23)21(25-18(19)24)26-9-10-27-21)14-5-4-8-16(11-14)28-15-6-2-1-3-7-15/h1-8,11,17H,9-10H2,(H2,24,25)/t17-,19+,20+/m0/s1. The third-order valence-corrected chi connectivity index (χ3v) is 5.78. The van der Waals surface area contributed by atoms with E-state index in [-0.39, 0.29) is 5.84 Å². The largest absolute Gasteiger partial charge is 0.457 e. The number of hydrogen-bond donors (Lipinski definition) is 1. The van der Waals surface area contributed by atoms with Gasteiger partial charge < -0.3 is 19.9 Å².